The number of nitrogens with one attached hydrogen (secondary N) is 2. The fourth-order valence-corrected chi connectivity index (χ4v) is 4.17. The highest BCUT2D eigenvalue weighted by molar-refractivity contribution is 6.07. The van der Waals surface area contributed by atoms with E-state index in [1.54, 1.807) is 23.1 Å². The van der Waals surface area contributed by atoms with Crippen molar-refractivity contribution in [3.8, 4) is 17.2 Å². The number of Topliss-reactive ketones (excluding diaryl/α,β-unsaturated/α-hetero) is 1. The Hall–Kier alpha value is -4.08. The van der Waals surface area contributed by atoms with Crippen molar-refractivity contribution in [2.75, 3.05) is 33.9 Å². The lowest BCUT2D eigenvalue weighted by Crippen LogP contribution is -2.30. The van der Waals surface area contributed by atoms with Crippen molar-refractivity contribution in [3.63, 3.8) is 0 Å². The number of amidine groups is 1. The average Bonchev–Trinajstić information content (AvgIpc) is 3.14. The summed E-state index contributed by atoms with van der Waals surface area (Å²) in [6, 6.07) is 6.59. The Morgan fingerprint density at radius 2 is 1.81 bits per heavy atom. The van der Waals surface area contributed by atoms with Gasteiger partial charge in [-0.25, -0.2) is 4.79 Å². The molecule has 0 fully saturated rings. The predicted molar refractivity (Wildman–Crippen MR) is 137 cm³/mol. The summed E-state index contributed by atoms with van der Waals surface area (Å²) in [6.07, 6.45) is 0. The molecule has 2 aromatic carbocycles. The van der Waals surface area contributed by atoms with E-state index in [4.69, 9.17) is 24.7 Å². The first-order valence-corrected chi connectivity index (χ1v) is 11.9. The minimum atomic E-state index is -1.12. The summed E-state index contributed by atoms with van der Waals surface area (Å²) in [5, 5.41) is 20.3. The molecule has 0 spiro atoms. The highest BCUT2D eigenvalue weighted by Crippen LogP contribution is 2.40. The lowest BCUT2D eigenvalue weighted by Gasteiger charge is -2.25. The number of carbonyl (C=O) groups is 3. The number of ketones is 1. The Morgan fingerprint density at radius 1 is 1.11 bits per heavy atom. The highest BCUT2D eigenvalue weighted by Gasteiger charge is 2.31. The zero-order chi connectivity index (χ0) is 27.5. The number of aliphatic carboxylic acids is 1. The third-order valence-corrected chi connectivity index (χ3v) is 5.99. The molecule has 0 aromatic heterocycles. The SMILES string of the molecule is CCOc1cc2c(cc1C(=O)NC)C(=N)N(CC(=O)c1cc(OC)c(OCC(=O)O)c(C(C)(C)C)c1)C2. The van der Waals surface area contributed by atoms with Crippen LogP contribution in [0.2, 0.25) is 0 Å². The minimum Gasteiger partial charge on any atom is -0.493 e. The highest BCUT2D eigenvalue weighted by atomic mass is 16.5. The van der Waals surface area contributed by atoms with Crippen molar-refractivity contribution in [3.05, 3.63) is 52.1 Å². The molecular formula is C27H33N3O7. The number of fused-ring (bicyclic) bond motifs is 1. The zero-order valence-corrected chi connectivity index (χ0v) is 22.0. The van der Waals surface area contributed by atoms with Gasteiger partial charge < -0.3 is 29.5 Å². The summed E-state index contributed by atoms with van der Waals surface area (Å²) in [5.74, 6) is -0.586. The van der Waals surface area contributed by atoms with Crippen LogP contribution in [0, 0.1) is 5.41 Å². The molecule has 1 aliphatic heterocycles. The second-order valence-corrected chi connectivity index (χ2v) is 9.63. The Balaban J connectivity index is 1.92. The Kier molecular flexibility index (Phi) is 8.10. The number of ether oxygens (including phenoxy) is 3. The second-order valence-electron chi connectivity index (χ2n) is 9.63. The molecule has 10 nitrogen and oxygen atoms in total. The summed E-state index contributed by atoms with van der Waals surface area (Å²) >= 11 is 0. The van der Waals surface area contributed by atoms with Gasteiger partial charge in [-0.3, -0.25) is 15.0 Å². The number of hydrogen-bond donors (Lipinski definition) is 3. The van der Waals surface area contributed by atoms with Crippen LogP contribution in [0.5, 0.6) is 17.2 Å². The van der Waals surface area contributed by atoms with Crippen molar-refractivity contribution in [1.29, 1.82) is 5.41 Å². The molecule has 3 rings (SSSR count). The van der Waals surface area contributed by atoms with Gasteiger partial charge in [0.05, 0.1) is 25.8 Å². The summed E-state index contributed by atoms with van der Waals surface area (Å²) in [5.41, 5.74) is 2.21. The topological polar surface area (TPSA) is 138 Å². The third-order valence-electron chi connectivity index (χ3n) is 5.99. The van der Waals surface area contributed by atoms with Crippen LogP contribution in [0.25, 0.3) is 0 Å². The van der Waals surface area contributed by atoms with Gasteiger partial charge >= 0.3 is 5.97 Å². The van der Waals surface area contributed by atoms with E-state index in [0.717, 1.165) is 5.56 Å². The van der Waals surface area contributed by atoms with Gasteiger partial charge in [0.1, 0.15) is 11.6 Å². The Bertz CT molecular complexity index is 1250. The van der Waals surface area contributed by atoms with Crippen molar-refractivity contribution < 1.29 is 33.7 Å². The Morgan fingerprint density at radius 3 is 2.38 bits per heavy atom. The standard InChI is InChI=1S/C27H33N3O7/c1-7-36-21-10-16-12-30(25(28)17(16)11-18(21)26(34)29-5)13-20(31)15-8-19(27(2,3)4)24(22(9-15)35-6)37-14-23(32)33/h8-11,28H,7,12-14H2,1-6H3,(H,29,34)(H,32,33). The van der Waals surface area contributed by atoms with Crippen LogP contribution in [0.4, 0.5) is 0 Å². The molecular weight excluding hydrogens is 478 g/mol. The normalized spacial score (nSPS) is 12.7. The van der Waals surface area contributed by atoms with E-state index in [0.29, 0.717) is 41.2 Å². The minimum absolute atomic E-state index is 0.0745. The molecule has 2 aromatic rings. The van der Waals surface area contributed by atoms with E-state index in [1.165, 1.54) is 20.2 Å². The molecule has 1 aliphatic rings. The number of carboxylic acid groups (broad SMARTS) is 1. The molecule has 198 valence electrons. The van der Waals surface area contributed by atoms with Gasteiger partial charge in [-0.05, 0) is 42.2 Å². The van der Waals surface area contributed by atoms with Gasteiger partial charge in [0, 0.05) is 30.3 Å². The third kappa shape index (κ3) is 5.84. The first kappa shape index (κ1) is 27.5. The van der Waals surface area contributed by atoms with Gasteiger partial charge in [-0.15, -0.1) is 0 Å². The van der Waals surface area contributed by atoms with Crippen LogP contribution in [0.1, 0.15) is 65.1 Å². The van der Waals surface area contributed by atoms with Crippen LogP contribution in [-0.2, 0) is 16.8 Å². The molecule has 10 heteroatoms. The summed E-state index contributed by atoms with van der Waals surface area (Å²) < 4.78 is 16.6. The molecule has 1 amide bonds. The lowest BCUT2D eigenvalue weighted by atomic mass is 9.84. The monoisotopic (exact) mass is 511 g/mol. The molecule has 1 heterocycles. The molecule has 0 radical (unpaired) electrons. The maximum Gasteiger partial charge on any atom is 0.341 e. The molecule has 0 bridgehead atoms. The van der Waals surface area contributed by atoms with Gasteiger partial charge in [0.2, 0.25) is 0 Å². The van der Waals surface area contributed by atoms with Crippen molar-refractivity contribution in [2.24, 2.45) is 0 Å². The maximum atomic E-state index is 13.4. The number of benzene rings is 2. The molecule has 0 saturated heterocycles. The second kappa shape index (κ2) is 10.9. The van der Waals surface area contributed by atoms with E-state index in [9.17, 15) is 14.4 Å². The van der Waals surface area contributed by atoms with Crippen molar-refractivity contribution in [1.82, 2.24) is 10.2 Å². The van der Waals surface area contributed by atoms with Crippen LogP contribution in [0.15, 0.2) is 24.3 Å². The van der Waals surface area contributed by atoms with E-state index in [-0.39, 0.29) is 35.6 Å². The Labute approximate surface area is 216 Å². The number of carboxylic acids is 1. The number of nitrogens with zero attached hydrogens (tertiary/aromatic N) is 1. The van der Waals surface area contributed by atoms with E-state index in [1.807, 2.05) is 27.7 Å². The van der Waals surface area contributed by atoms with Crippen LogP contribution >= 0.6 is 0 Å². The fourth-order valence-electron chi connectivity index (χ4n) is 4.17. The molecule has 0 aliphatic carbocycles. The van der Waals surface area contributed by atoms with E-state index in [2.05, 4.69) is 5.32 Å². The fraction of sp³-hybridized carbons (Fsp3) is 0.407. The van der Waals surface area contributed by atoms with Gasteiger partial charge in [0.15, 0.2) is 23.9 Å². The quantitative estimate of drug-likeness (QED) is 0.413. The molecule has 0 atom stereocenters. The average molecular weight is 512 g/mol. The number of hydrogen-bond acceptors (Lipinski definition) is 7. The van der Waals surface area contributed by atoms with Gasteiger partial charge in [-0.1, -0.05) is 20.8 Å². The number of carbonyl (C=O) groups excluding carboxylic acids is 2. The molecule has 37 heavy (non-hydrogen) atoms. The van der Waals surface area contributed by atoms with Gasteiger partial charge in [-0.2, -0.15) is 0 Å². The largest absolute Gasteiger partial charge is 0.493 e. The van der Waals surface area contributed by atoms with Crippen molar-refractivity contribution in [2.45, 2.75) is 39.7 Å². The van der Waals surface area contributed by atoms with Crippen LogP contribution in [-0.4, -0.2) is 67.4 Å². The summed E-state index contributed by atoms with van der Waals surface area (Å²) in [7, 11) is 2.95. The van der Waals surface area contributed by atoms with Crippen LogP contribution in [0.3, 0.4) is 0 Å². The number of rotatable bonds is 10. The first-order valence-electron chi connectivity index (χ1n) is 11.9. The first-order chi connectivity index (χ1) is 17.4. The van der Waals surface area contributed by atoms with Crippen LogP contribution < -0.4 is 19.5 Å². The molecule has 0 unspecified atom stereocenters. The number of methoxy groups -OCH3 is 1. The zero-order valence-electron chi connectivity index (χ0n) is 22.0. The van der Waals surface area contributed by atoms with E-state index >= 15 is 0 Å². The summed E-state index contributed by atoms with van der Waals surface area (Å²) in [4.78, 5) is 38.5. The lowest BCUT2D eigenvalue weighted by molar-refractivity contribution is -0.139. The summed E-state index contributed by atoms with van der Waals surface area (Å²) in [6.45, 7) is 7.69. The van der Waals surface area contributed by atoms with E-state index < -0.39 is 18.0 Å². The predicted octanol–water partition coefficient (Wildman–Crippen LogP) is 3.24. The maximum absolute atomic E-state index is 13.4. The molecule has 0 saturated carbocycles. The van der Waals surface area contributed by atoms with Crippen molar-refractivity contribution >= 4 is 23.5 Å². The van der Waals surface area contributed by atoms with Gasteiger partial charge in [0.25, 0.3) is 5.91 Å². The molecule has 3 N–H and O–H groups in total. The smallest absolute Gasteiger partial charge is 0.341 e. The number of amides is 1.